The monoisotopic (exact) mass is 176 g/mol. The Bertz CT molecular complexity index is 407. The Morgan fingerprint density at radius 2 is 2.23 bits per heavy atom. The van der Waals surface area contributed by atoms with Crippen molar-refractivity contribution in [2.45, 2.75) is 6.92 Å². The van der Waals surface area contributed by atoms with Crippen LogP contribution in [0.5, 0.6) is 0 Å². The predicted octanol–water partition coefficient (Wildman–Crippen LogP) is 2.52. The molecular weight excluding hydrogens is 167 g/mol. The van der Waals surface area contributed by atoms with E-state index in [9.17, 15) is 4.39 Å². The van der Waals surface area contributed by atoms with Crippen molar-refractivity contribution in [1.82, 2.24) is 9.97 Å². The smallest absolute Gasteiger partial charge is 0.137 e. The van der Waals surface area contributed by atoms with E-state index in [2.05, 4.69) is 9.97 Å². The van der Waals surface area contributed by atoms with Crippen LogP contribution in [0.4, 0.5) is 4.39 Å². The van der Waals surface area contributed by atoms with Crippen LogP contribution in [-0.4, -0.2) is 9.97 Å². The Kier molecular flexibility index (Phi) is 1.85. The van der Waals surface area contributed by atoms with Gasteiger partial charge in [-0.1, -0.05) is 12.1 Å². The zero-order chi connectivity index (χ0) is 9.26. The van der Waals surface area contributed by atoms with Crippen molar-refractivity contribution >= 4 is 0 Å². The van der Waals surface area contributed by atoms with Gasteiger partial charge in [-0.2, -0.15) is 0 Å². The van der Waals surface area contributed by atoms with Gasteiger partial charge < -0.3 is 4.98 Å². The van der Waals surface area contributed by atoms with Gasteiger partial charge in [-0.15, -0.1) is 0 Å². The van der Waals surface area contributed by atoms with Crippen molar-refractivity contribution in [2.24, 2.45) is 0 Å². The second kappa shape index (κ2) is 3.01. The third-order valence-corrected chi connectivity index (χ3v) is 2.02. The molecule has 1 aromatic carbocycles. The molecule has 2 aromatic rings. The quantitative estimate of drug-likeness (QED) is 0.710. The van der Waals surface area contributed by atoms with Crippen LogP contribution in [0.1, 0.15) is 5.56 Å². The zero-order valence-corrected chi connectivity index (χ0v) is 7.21. The number of aromatic nitrogens is 2. The highest BCUT2D eigenvalue weighted by molar-refractivity contribution is 5.59. The predicted molar refractivity (Wildman–Crippen MR) is 48.7 cm³/mol. The molecule has 1 heterocycles. The van der Waals surface area contributed by atoms with Gasteiger partial charge in [0.2, 0.25) is 0 Å². The fourth-order valence-electron chi connectivity index (χ4n) is 1.28. The molecule has 1 aromatic heterocycles. The molecule has 0 amide bonds. The van der Waals surface area contributed by atoms with Crippen LogP contribution in [0.25, 0.3) is 11.4 Å². The summed E-state index contributed by atoms with van der Waals surface area (Å²) >= 11 is 0. The van der Waals surface area contributed by atoms with E-state index >= 15 is 0 Å². The molecule has 0 saturated carbocycles. The van der Waals surface area contributed by atoms with Crippen molar-refractivity contribution in [1.29, 1.82) is 0 Å². The second-order valence-electron chi connectivity index (χ2n) is 2.85. The summed E-state index contributed by atoms with van der Waals surface area (Å²) < 4.78 is 13.1. The number of H-pyrrole nitrogens is 1. The Balaban J connectivity index is 2.59. The first-order valence-corrected chi connectivity index (χ1v) is 4.04. The Morgan fingerprint density at radius 3 is 2.92 bits per heavy atom. The molecule has 66 valence electrons. The molecule has 0 bridgehead atoms. The summed E-state index contributed by atoms with van der Waals surface area (Å²) in [6.45, 7) is 1.74. The molecule has 0 aliphatic rings. The van der Waals surface area contributed by atoms with Gasteiger partial charge in [0, 0.05) is 18.0 Å². The highest BCUT2D eigenvalue weighted by atomic mass is 19.1. The number of rotatable bonds is 1. The summed E-state index contributed by atoms with van der Waals surface area (Å²) in [7, 11) is 0. The lowest BCUT2D eigenvalue weighted by Crippen LogP contribution is -1.88. The van der Waals surface area contributed by atoms with Crippen molar-refractivity contribution in [3.63, 3.8) is 0 Å². The van der Waals surface area contributed by atoms with E-state index in [0.29, 0.717) is 11.4 Å². The summed E-state index contributed by atoms with van der Waals surface area (Å²) in [4.78, 5) is 7.01. The van der Waals surface area contributed by atoms with Crippen LogP contribution in [0.2, 0.25) is 0 Å². The van der Waals surface area contributed by atoms with Gasteiger partial charge in [0.1, 0.15) is 11.6 Å². The minimum atomic E-state index is -0.200. The van der Waals surface area contributed by atoms with E-state index in [-0.39, 0.29) is 5.82 Å². The SMILES string of the molecule is Cc1c(F)cccc1-c1ncc[nH]1. The van der Waals surface area contributed by atoms with E-state index in [1.165, 1.54) is 6.07 Å². The van der Waals surface area contributed by atoms with E-state index in [1.54, 1.807) is 25.4 Å². The van der Waals surface area contributed by atoms with Gasteiger partial charge in [-0.25, -0.2) is 9.37 Å². The average molecular weight is 176 g/mol. The molecule has 3 heteroatoms. The van der Waals surface area contributed by atoms with Gasteiger partial charge in [-0.05, 0) is 18.6 Å². The van der Waals surface area contributed by atoms with E-state index in [1.807, 2.05) is 6.07 Å². The molecule has 0 spiro atoms. The van der Waals surface area contributed by atoms with Crippen LogP contribution in [0.15, 0.2) is 30.6 Å². The number of benzene rings is 1. The number of hydrogen-bond donors (Lipinski definition) is 1. The van der Waals surface area contributed by atoms with Crippen LogP contribution < -0.4 is 0 Å². The second-order valence-corrected chi connectivity index (χ2v) is 2.85. The first-order valence-electron chi connectivity index (χ1n) is 4.04. The highest BCUT2D eigenvalue weighted by Gasteiger charge is 2.06. The third-order valence-electron chi connectivity index (χ3n) is 2.02. The number of halogens is 1. The largest absolute Gasteiger partial charge is 0.345 e. The average Bonchev–Trinajstić information content (AvgIpc) is 2.62. The molecule has 13 heavy (non-hydrogen) atoms. The minimum absolute atomic E-state index is 0.200. The molecule has 0 aliphatic heterocycles. The van der Waals surface area contributed by atoms with Gasteiger partial charge >= 0.3 is 0 Å². The Morgan fingerprint density at radius 1 is 1.38 bits per heavy atom. The topological polar surface area (TPSA) is 28.7 Å². The maximum absolute atomic E-state index is 13.1. The lowest BCUT2D eigenvalue weighted by molar-refractivity contribution is 0.619. The van der Waals surface area contributed by atoms with Crippen molar-refractivity contribution in [3.05, 3.63) is 42.0 Å². The number of hydrogen-bond acceptors (Lipinski definition) is 1. The highest BCUT2D eigenvalue weighted by Crippen LogP contribution is 2.20. The number of imidazole rings is 1. The fourth-order valence-corrected chi connectivity index (χ4v) is 1.28. The molecule has 2 nitrogen and oxygen atoms in total. The maximum atomic E-state index is 13.1. The summed E-state index contributed by atoms with van der Waals surface area (Å²) in [5.41, 5.74) is 1.43. The van der Waals surface area contributed by atoms with Crippen molar-refractivity contribution in [3.8, 4) is 11.4 Å². The standard InChI is InChI=1S/C10H9FN2/c1-7-8(3-2-4-9(7)11)10-12-5-6-13-10/h2-6H,1H3,(H,12,13). The fraction of sp³-hybridized carbons (Fsp3) is 0.100. The first kappa shape index (κ1) is 7.98. The van der Waals surface area contributed by atoms with Gasteiger partial charge in [-0.3, -0.25) is 0 Å². The van der Waals surface area contributed by atoms with Crippen LogP contribution >= 0.6 is 0 Å². The molecule has 2 rings (SSSR count). The summed E-state index contributed by atoms with van der Waals surface area (Å²) in [6.07, 6.45) is 3.37. The molecule has 0 unspecified atom stereocenters. The first-order chi connectivity index (χ1) is 6.29. The summed E-state index contributed by atoms with van der Waals surface area (Å²) in [6, 6.07) is 4.97. The zero-order valence-electron chi connectivity index (χ0n) is 7.21. The van der Waals surface area contributed by atoms with Crippen LogP contribution in [0.3, 0.4) is 0 Å². The molecule has 0 aliphatic carbocycles. The minimum Gasteiger partial charge on any atom is -0.345 e. The maximum Gasteiger partial charge on any atom is 0.137 e. The molecule has 0 fully saturated rings. The van der Waals surface area contributed by atoms with Crippen molar-refractivity contribution in [2.75, 3.05) is 0 Å². The molecule has 0 radical (unpaired) electrons. The van der Waals surface area contributed by atoms with Gasteiger partial charge in [0.15, 0.2) is 0 Å². The van der Waals surface area contributed by atoms with Gasteiger partial charge in [0.05, 0.1) is 0 Å². The summed E-state index contributed by atoms with van der Waals surface area (Å²) in [5, 5.41) is 0. The summed E-state index contributed by atoms with van der Waals surface area (Å²) in [5.74, 6) is 0.505. The van der Waals surface area contributed by atoms with Crippen LogP contribution in [-0.2, 0) is 0 Å². The molecule has 1 N–H and O–H groups in total. The molecule has 0 saturated heterocycles. The van der Waals surface area contributed by atoms with E-state index in [0.717, 1.165) is 5.56 Å². The molecular formula is C10H9FN2. The number of nitrogens with zero attached hydrogens (tertiary/aromatic N) is 1. The lowest BCUT2D eigenvalue weighted by Gasteiger charge is -2.02. The van der Waals surface area contributed by atoms with E-state index in [4.69, 9.17) is 0 Å². The van der Waals surface area contributed by atoms with Gasteiger partial charge in [0.25, 0.3) is 0 Å². The Labute approximate surface area is 75.4 Å². The number of nitrogens with one attached hydrogen (secondary N) is 1. The normalized spacial score (nSPS) is 10.3. The number of aromatic amines is 1. The third kappa shape index (κ3) is 1.33. The molecule has 0 atom stereocenters. The lowest BCUT2D eigenvalue weighted by atomic mass is 10.1. The Hall–Kier alpha value is -1.64. The van der Waals surface area contributed by atoms with Crippen molar-refractivity contribution < 1.29 is 4.39 Å². The van der Waals surface area contributed by atoms with E-state index < -0.39 is 0 Å². The van der Waals surface area contributed by atoms with Crippen LogP contribution in [0, 0.1) is 12.7 Å².